The summed E-state index contributed by atoms with van der Waals surface area (Å²) in [7, 11) is -1.43. The Hall–Kier alpha value is -0.723. The first-order chi connectivity index (χ1) is 8.06. The van der Waals surface area contributed by atoms with E-state index in [0.717, 1.165) is 10.0 Å². The number of phenols is 1. The Morgan fingerprint density at radius 3 is 2.29 bits per heavy atom. The summed E-state index contributed by atoms with van der Waals surface area (Å²) < 4.78 is 0.955. The summed E-state index contributed by atoms with van der Waals surface area (Å²) in [4.78, 5) is 0. The van der Waals surface area contributed by atoms with Gasteiger partial charge in [-0.1, -0.05) is 42.6 Å². The van der Waals surface area contributed by atoms with Crippen LogP contribution in [-0.2, 0) is 0 Å². The van der Waals surface area contributed by atoms with E-state index in [1.165, 1.54) is 18.1 Å². The van der Waals surface area contributed by atoms with Gasteiger partial charge in [-0.3, -0.25) is 0 Å². The average Bonchev–Trinajstić information content (AvgIpc) is 2.35. The van der Waals surface area contributed by atoms with Crippen LogP contribution in [0.15, 0.2) is 22.7 Å². The number of phenolic OH excluding ortho intramolecular Hbond substituents is 1. The topological polar surface area (TPSA) is 20.2 Å². The molecule has 0 bridgehead atoms. The van der Waals surface area contributed by atoms with Gasteiger partial charge in [-0.2, -0.15) is 0 Å². The van der Waals surface area contributed by atoms with E-state index in [1.807, 2.05) is 12.1 Å². The molecule has 0 unspecified atom stereocenters. The van der Waals surface area contributed by atoms with Crippen LogP contribution >= 0.6 is 15.9 Å². The van der Waals surface area contributed by atoms with Crippen molar-refractivity contribution >= 4 is 24.0 Å². The monoisotopic (exact) mass is 310 g/mol. The van der Waals surface area contributed by atoms with Gasteiger partial charge in [0.2, 0.25) is 0 Å². The second-order valence-corrected chi connectivity index (χ2v) is 10.1. The molecule has 0 heterocycles. The third-order valence-electron chi connectivity index (χ3n) is 3.45. The summed E-state index contributed by atoms with van der Waals surface area (Å²) >= 11 is 3.40. The minimum Gasteiger partial charge on any atom is -0.507 e. The molecule has 1 aromatic carbocycles. The Morgan fingerprint density at radius 2 is 1.76 bits per heavy atom. The van der Waals surface area contributed by atoms with E-state index in [4.69, 9.17) is 0 Å². The number of benzene rings is 1. The Labute approximate surface area is 113 Å². The Bertz CT molecular complexity index is 433. The fraction of sp³-hybridized carbons (Fsp3) is 0.429. The maximum Gasteiger partial charge on any atom is 0.138 e. The second kappa shape index (κ2) is 6.27. The highest BCUT2D eigenvalue weighted by Crippen LogP contribution is 2.23. The minimum atomic E-state index is -1.43. The first kappa shape index (κ1) is 14.3. The molecule has 92 valence electrons. The van der Waals surface area contributed by atoms with E-state index in [-0.39, 0.29) is 5.75 Å². The molecule has 0 amide bonds. The zero-order chi connectivity index (χ0) is 12.9. The van der Waals surface area contributed by atoms with Gasteiger partial charge in [-0.05, 0) is 36.3 Å². The molecule has 0 spiro atoms. The van der Waals surface area contributed by atoms with Gasteiger partial charge in [-0.15, -0.1) is 5.54 Å². The number of hydrogen-bond acceptors (Lipinski definition) is 1. The largest absolute Gasteiger partial charge is 0.507 e. The van der Waals surface area contributed by atoms with Crippen LogP contribution in [-0.4, -0.2) is 13.2 Å². The lowest BCUT2D eigenvalue weighted by Gasteiger charge is -2.20. The van der Waals surface area contributed by atoms with Gasteiger partial charge in [0, 0.05) is 4.47 Å². The van der Waals surface area contributed by atoms with Crippen LogP contribution in [0.25, 0.3) is 0 Å². The maximum absolute atomic E-state index is 9.74. The molecular formula is C14H19BrOSi. The van der Waals surface area contributed by atoms with Crippen molar-refractivity contribution in [1.29, 1.82) is 0 Å². The molecule has 0 atom stereocenters. The molecule has 0 saturated carbocycles. The zero-order valence-electron chi connectivity index (χ0n) is 10.7. The molecule has 0 saturated heterocycles. The van der Waals surface area contributed by atoms with Gasteiger partial charge in [0.15, 0.2) is 0 Å². The molecule has 0 aliphatic heterocycles. The van der Waals surface area contributed by atoms with Crippen LogP contribution in [0.1, 0.15) is 26.3 Å². The van der Waals surface area contributed by atoms with Gasteiger partial charge in [0.25, 0.3) is 0 Å². The fourth-order valence-corrected chi connectivity index (χ4v) is 4.61. The Balaban J connectivity index is 3.08. The van der Waals surface area contributed by atoms with Gasteiger partial charge in [0.1, 0.15) is 13.8 Å². The van der Waals surface area contributed by atoms with Crippen molar-refractivity contribution in [3.8, 4) is 17.2 Å². The van der Waals surface area contributed by atoms with Gasteiger partial charge < -0.3 is 5.11 Å². The quantitative estimate of drug-likeness (QED) is 0.641. The van der Waals surface area contributed by atoms with E-state index in [0.29, 0.717) is 0 Å². The Kier molecular flexibility index (Phi) is 5.29. The van der Waals surface area contributed by atoms with Crippen molar-refractivity contribution in [2.75, 3.05) is 0 Å². The molecule has 0 fully saturated rings. The van der Waals surface area contributed by atoms with Crippen molar-refractivity contribution in [2.45, 2.75) is 38.9 Å². The molecule has 0 aromatic heterocycles. The molecule has 1 N–H and O–H groups in total. The fourth-order valence-electron chi connectivity index (χ4n) is 1.82. The van der Waals surface area contributed by atoms with Crippen molar-refractivity contribution < 1.29 is 5.11 Å². The average molecular weight is 311 g/mol. The standard InChI is InChI=1S/C14H19BrOSi/c1-4-17(5-2,6-3)10-9-12-11-13(15)7-8-14(12)16/h7-8,11,16H,4-6H2,1-3H3. The highest BCUT2D eigenvalue weighted by Gasteiger charge is 2.24. The summed E-state index contributed by atoms with van der Waals surface area (Å²) in [5, 5.41) is 9.74. The summed E-state index contributed by atoms with van der Waals surface area (Å²) in [5.41, 5.74) is 4.20. The van der Waals surface area contributed by atoms with Gasteiger partial charge in [-0.25, -0.2) is 0 Å². The Morgan fingerprint density at radius 1 is 1.18 bits per heavy atom. The van der Waals surface area contributed by atoms with Crippen LogP contribution in [0.4, 0.5) is 0 Å². The second-order valence-electron chi connectivity index (χ2n) is 4.25. The van der Waals surface area contributed by atoms with Crippen molar-refractivity contribution in [2.24, 2.45) is 0 Å². The van der Waals surface area contributed by atoms with E-state index in [1.54, 1.807) is 6.07 Å². The maximum atomic E-state index is 9.74. The van der Waals surface area contributed by atoms with Crippen LogP contribution < -0.4 is 0 Å². The molecule has 3 heteroatoms. The number of aromatic hydroxyl groups is 1. The van der Waals surface area contributed by atoms with Gasteiger partial charge >= 0.3 is 0 Å². The number of hydrogen-bond donors (Lipinski definition) is 1. The molecule has 1 rings (SSSR count). The van der Waals surface area contributed by atoms with E-state index in [9.17, 15) is 5.11 Å². The molecule has 17 heavy (non-hydrogen) atoms. The molecule has 0 aliphatic rings. The summed E-state index contributed by atoms with van der Waals surface area (Å²) in [6.07, 6.45) is 0. The van der Waals surface area contributed by atoms with Gasteiger partial charge in [0.05, 0.1) is 5.56 Å². The summed E-state index contributed by atoms with van der Waals surface area (Å²) in [6.45, 7) is 6.69. The predicted octanol–water partition coefficient (Wildman–Crippen LogP) is 4.55. The van der Waals surface area contributed by atoms with E-state index in [2.05, 4.69) is 48.2 Å². The van der Waals surface area contributed by atoms with Crippen molar-refractivity contribution in [1.82, 2.24) is 0 Å². The number of halogens is 1. The number of rotatable bonds is 3. The lowest BCUT2D eigenvalue weighted by atomic mass is 10.2. The van der Waals surface area contributed by atoms with E-state index < -0.39 is 8.07 Å². The minimum absolute atomic E-state index is 0.270. The first-order valence-electron chi connectivity index (χ1n) is 6.08. The third-order valence-corrected chi connectivity index (χ3v) is 8.66. The molecule has 0 radical (unpaired) electrons. The zero-order valence-corrected chi connectivity index (χ0v) is 13.3. The van der Waals surface area contributed by atoms with Crippen molar-refractivity contribution in [3.63, 3.8) is 0 Å². The van der Waals surface area contributed by atoms with E-state index >= 15 is 0 Å². The highest BCUT2D eigenvalue weighted by molar-refractivity contribution is 9.10. The molecular weight excluding hydrogens is 292 g/mol. The van der Waals surface area contributed by atoms with Crippen LogP contribution in [0.5, 0.6) is 5.75 Å². The third kappa shape index (κ3) is 3.62. The normalized spacial score (nSPS) is 10.8. The predicted molar refractivity (Wildman–Crippen MR) is 79.9 cm³/mol. The van der Waals surface area contributed by atoms with Crippen molar-refractivity contribution in [3.05, 3.63) is 28.2 Å². The molecule has 1 nitrogen and oxygen atoms in total. The van der Waals surface area contributed by atoms with Crippen LogP contribution in [0.2, 0.25) is 18.1 Å². The summed E-state index contributed by atoms with van der Waals surface area (Å²) in [5.74, 6) is 3.45. The lowest BCUT2D eigenvalue weighted by Crippen LogP contribution is -2.29. The first-order valence-corrected chi connectivity index (χ1v) is 9.50. The highest BCUT2D eigenvalue weighted by atomic mass is 79.9. The smallest absolute Gasteiger partial charge is 0.138 e. The lowest BCUT2D eigenvalue weighted by molar-refractivity contribution is 0.473. The summed E-state index contributed by atoms with van der Waals surface area (Å²) in [6, 6.07) is 8.93. The van der Waals surface area contributed by atoms with Crippen LogP contribution in [0.3, 0.4) is 0 Å². The van der Waals surface area contributed by atoms with Crippen LogP contribution in [0, 0.1) is 11.5 Å². The molecule has 0 aliphatic carbocycles. The molecule has 1 aromatic rings. The SMILES string of the molecule is CC[Si](C#Cc1cc(Br)ccc1O)(CC)CC.